The van der Waals surface area contributed by atoms with Gasteiger partial charge in [0, 0.05) is 24.5 Å². The van der Waals surface area contributed by atoms with Crippen LogP contribution >= 0.6 is 0 Å². The van der Waals surface area contributed by atoms with Crippen LogP contribution in [0.2, 0.25) is 0 Å². The highest BCUT2D eigenvalue weighted by molar-refractivity contribution is 5.82. The summed E-state index contributed by atoms with van der Waals surface area (Å²) in [4.78, 5) is 18.8. The molecule has 24 heavy (non-hydrogen) atoms. The maximum Gasteiger partial charge on any atom is 0.246 e. The highest BCUT2D eigenvalue weighted by Gasteiger charge is 2.33. The number of rotatable bonds is 3. The Morgan fingerprint density at radius 3 is 2.71 bits per heavy atom. The van der Waals surface area contributed by atoms with Crippen LogP contribution in [0.3, 0.4) is 0 Å². The van der Waals surface area contributed by atoms with Crippen LogP contribution in [0.5, 0.6) is 0 Å². The van der Waals surface area contributed by atoms with Crippen molar-refractivity contribution in [3.63, 3.8) is 0 Å². The normalized spacial score (nSPS) is 17.0. The predicted molar refractivity (Wildman–Crippen MR) is 88.7 cm³/mol. The topological polar surface area (TPSA) is 63.9 Å². The molecule has 0 aliphatic carbocycles. The third kappa shape index (κ3) is 2.46. The molecule has 4 rings (SSSR count). The monoisotopic (exact) mass is 319 g/mol. The van der Waals surface area contributed by atoms with Gasteiger partial charge in [0.15, 0.2) is 11.6 Å². The zero-order chi connectivity index (χ0) is 16.5. The van der Waals surface area contributed by atoms with Gasteiger partial charge >= 0.3 is 0 Å². The second-order valence-corrected chi connectivity index (χ2v) is 5.91. The number of nitrogens with zero attached hydrogens (tertiary/aromatic N) is 5. The summed E-state index contributed by atoms with van der Waals surface area (Å²) in [6.45, 7) is 2.94. The fourth-order valence-corrected chi connectivity index (χ4v) is 3.09. The maximum atomic E-state index is 12.8. The molecule has 0 saturated carbocycles. The van der Waals surface area contributed by atoms with Crippen molar-refractivity contribution in [3.8, 4) is 11.4 Å². The lowest BCUT2D eigenvalue weighted by atomic mass is 10.1. The molecule has 6 nitrogen and oxygen atoms in total. The summed E-state index contributed by atoms with van der Waals surface area (Å²) in [5, 5.41) is 8.59. The van der Waals surface area contributed by atoms with Gasteiger partial charge < -0.3 is 4.90 Å². The lowest BCUT2D eigenvalue weighted by Gasteiger charge is -2.32. The van der Waals surface area contributed by atoms with Crippen LogP contribution in [-0.4, -0.2) is 30.6 Å². The first-order chi connectivity index (χ1) is 11.7. The molecule has 3 heterocycles. The molecule has 3 aromatic rings. The van der Waals surface area contributed by atoms with Gasteiger partial charge in [0.1, 0.15) is 6.04 Å². The minimum atomic E-state index is -0.331. The van der Waals surface area contributed by atoms with Crippen molar-refractivity contribution in [2.75, 3.05) is 0 Å². The van der Waals surface area contributed by atoms with Gasteiger partial charge in [-0.15, -0.1) is 10.2 Å². The van der Waals surface area contributed by atoms with Crippen molar-refractivity contribution >= 4 is 5.91 Å². The molecule has 0 radical (unpaired) electrons. The van der Waals surface area contributed by atoms with Crippen LogP contribution in [0.4, 0.5) is 0 Å². The van der Waals surface area contributed by atoms with Crippen molar-refractivity contribution in [2.45, 2.75) is 26.1 Å². The number of carbonyl (C=O) groups excluding carboxylic acids is 1. The number of aromatic nitrogens is 4. The van der Waals surface area contributed by atoms with E-state index in [4.69, 9.17) is 0 Å². The summed E-state index contributed by atoms with van der Waals surface area (Å²) in [7, 11) is 0. The van der Waals surface area contributed by atoms with E-state index < -0.39 is 0 Å². The van der Waals surface area contributed by atoms with Gasteiger partial charge in [-0.2, -0.15) is 0 Å². The third-order valence-electron chi connectivity index (χ3n) is 4.29. The summed E-state index contributed by atoms with van der Waals surface area (Å²) in [5.41, 5.74) is 1.98. The number of hydrogen-bond donors (Lipinski definition) is 0. The Balaban J connectivity index is 1.67. The Morgan fingerprint density at radius 1 is 1.12 bits per heavy atom. The first-order valence-corrected chi connectivity index (χ1v) is 7.91. The van der Waals surface area contributed by atoms with Gasteiger partial charge in [0.25, 0.3) is 0 Å². The average molecular weight is 319 g/mol. The molecule has 1 aliphatic heterocycles. The smallest absolute Gasteiger partial charge is 0.246 e. The van der Waals surface area contributed by atoms with E-state index in [9.17, 15) is 4.79 Å². The summed E-state index contributed by atoms with van der Waals surface area (Å²) in [6.07, 6.45) is 3.46. The van der Waals surface area contributed by atoms with Gasteiger partial charge in [-0.3, -0.25) is 14.3 Å². The SMILES string of the molecule is C[C@H]1C(=O)N(Cc2ccccc2)Cc2nnc(-c3cccnc3)n21. The zero-order valence-electron chi connectivity index (χ0n) is 13.3. The standard InChI is InChI=1S/C18H17N5O/c1-13-18(24)22(11-14-6-3-2-4-7-14)12-16-20-21-17(23(13)16)15-8-5-9-19-10-15/h2-10,13H,11-12H2,1H3/t13-/m0/s1. The predicted octanol–water partition coefficient (Wildman–Crippen LogP) is 2.44. The van der Waals surface area contributed by atoms with Crippen LogP contribution in [0.1, 0.15) is 24.4 Å². The summed E-state index contributed by atoms with van der Waals surface area (Å²) < 4.78 is 1.92. The summed E-state index contributed by atoms with van der Waals surface area (Å²) in [6, 6.07) is 13.4. The number of fused-ring (bicyclic) bond motifs is 1. The molecular formula is C18H17N5O. The van der Waals surface area contributed by atoms with Crippen molar-refractivity contribution in [1.82, 2.24) is 24.6 Å². The Hall–Kier alpha value is -3.02. The van der Waals surface area contributed by atoms with Crippen LogP contribution in [0.15, 0.2) is 54.9 Å². The summed E-state index contributed by atoms with van der Waals surface area (Å²) >= 11 is 0. The minimum absolute atomic E-state index is 0.0799. The van der Waals surface area contributed by atoms with Gasteiger partial charge in [-0.05, 0) is 24.6 Å². The molecular weight excluding hydrogens is 302 g/mol. The molecule has 0 spiro atoms. The van der Waals surface area contributed by atoms with E-state index >= 15 is 0 Å². The van der Waals surface area contributed by atoms with E-state index in [-0.39, 0.29) is 11.9 Å². The first-order valence-electron chi connectivity index (χ1n) is 7.91. The lowest BCUT2D eigenvalue weighted by molar-refractivity contribution is -0.137. The molecule has 1 amide bonds. The first kappa shape index (κ1) is 14.6. The molecule has 0 unspecified atom stereocenters. The van der Waals surface area contributed by atoms with Gasteiger partial charge in [0.05, 0.1) is 6.54 Å². The Bertz CT molecular complexity index is 860. The maximum absolute atomic E-state index is 12.8. The van der Waals surface area contributed by atoms with Gasteiger partial charge in [0.2, 0.25) is 5.91 Å². The van der Waals surface area contributed by atoms with E-state index in [0.717, 1.165) is 17.0 Å². The highest BCUT2D eigenvalue weighted by atomic mass is 16.2. The van der Waals surface area contributed by atoms with E-state index in [1.54, 1.807) is 12.4 Å². The van der Waals surface area contributed by atoms with E-state index in [0.29, 0.717) is 18.9 Å². The fraction of sp³-hybridized carbons (Fsp3) is 0.222. The van der Waals surface area contributed by atoms with E-state index in [1.165, 1.54) is 0 Å². The second-order valence-electron chi connectivity index (χ2n) is 5.91. The number of carbonyl (C=O) groups is 1. The molecule has 6 heteroatoms. The molecule has 1 aromatic carbocycles. The number of pyridine rings is 1. The largest absolute Gasteiger partial charge is 0.329 e. The third-order valence-corrected chi connectivity index (χ3v) is 4.29. The van der Waals surface area contributed by atoms with E-state index in [2.05, 4.69) is 15.2 Å². The van der Waals surface area contributed by atoms with Crippen LogP contribution in [-0.2, 0) is 17.9 Å². The average Bonchev–Trinajstić information content (AvgIpc) is 3.05. The molecule has 2 aromatic heterocycles. The van der Waals surface area contributed by atoms with Gasteiger partial charge in [-0.1, -0.05) is 30.3 Å². The highest BCUT2D eigenvalue weighted by Crippen LogP contribution is 2.28. The number of benzene rings is 1. The molecule has 0 saturated heterocycles. The van der Waals surface area contributed by atoms with Crippen molar-refractivity contribution in [1.29, 1.82) is 0 Å². The lowest BCUT2D eigenvalue weighted by Crippen LogP contribution is -2.41. The fourth-order valence-electron chi connectivity index (χ4n) is 3.09. The quantitative estimate of drug-likeness (QED) is 0.744. The zero-order valence-corrected chi connectivity index (χ0v) is 13.3. The van der Waals surface area contributed by atoms with Gasteiger partial charge in [-0.25, -0.2) is 0 Å². The van der Waals surface area contributed by atoms with E-state index in [1.807, 2.05) is 58.9 Å². The Morgan fingerprint density at radius 2 is 1.96 bits per heavy atom. The molecule has 0 bridgehead atoms. The summed E-state index contributed by atoms with van der Waals surface area (Å²) in [5.74, 6) is 1.58. The van der Waals surface area contributed by atoms with Crippen molar-refractivity contribution in [2.24, 2.45) is 0 Å². The molecule has 0 N–H and O–H groups in total. The van der Waals surface area contributed by atoms with Crippen molar-refractivity contribution < 1.29 is 4.79 Å². The molecule has 120 valence electrons. The number of amides is 1. The molecule has 1 atom stereocenters. The molecule has 1 aliphatic rings. The van der Waals surface area contributed by atoms with Crippen LogP contribution in [0, 0.1) is 0 Å². The van der Waals surface area contributed by atoms with Crippen LogP contribution in [0.25, 0.3) is 11.4 Å². The van der Waals surface area contributed by atoms with Crippen molar-refractivity contribution in [3.05, 3.63) is 66.2 Å². The molecule has 0 fully saturated rings. The Labute approximate surface area is 139 Å². The van der Waals surface area contributed by atoms with Crippen LogP contribution < -0.4 is 0 Å². The Kier molecular flexibility index (Phi) is 3.57. The minimum Gasteiger partial charge on any atom is -0.329 e. The number of hydrogen-bond acceptors (Lipinski definition) is 4. The second kappa shape index (κ2) is 5.88.